The fourth-order valence-corrected chi connectivity index (χ4v) is 2.80. The maximum atomic E-state index is 5.69. The molecule has 2 rings (SSSR count). The largest absolute Gasteiger partial charge is 0.345 e. The summed E-state index contributed by atoms with van der Waals surface area (Å²) >= 11 is 5.05. The van der Waals surface area contributed by atoms with Crippen molar-refractivity contribution in [3.05, 3.63) is 20.8 Å². The van der Waals surface area contributed by atoms with Crippen LogP contribution in [-0.2, 0) is 9.47 Å². The highest BCUT2D eigenvalue weighted by atomic mass is 79.9. The first-order valence-electron chi connectivity index (χ1n) is 4.52. The first-order valence-corrected chi connectivity index (χ1v) is 6.13. The fourth-order valence-electron chi connectivity index (χ4n) is 1.39. The third-order valence-corrected chi connectivity index (χ3v) is 3.71. The Morgan fingerprint density at radius 2 is 2.43 bits per heavy atom. The highest BCUT2D eigenvalue weighted by molar-refractivity contribution is 9.11. The lowest BCUT2D eigenvalue weighted by atomic mass is 10.3. The summed E-state index contributed by atoms with van der Waals surface area (Å²) < 4.78 is 12.3. The van der Waals surface area contributed by atoms with Crippen LogP contribution in [0.3, 0.4) is 0 Å². The van der Waals surface area contributed by atoms with Gasteiger partial charge in [-0.3, -0.25) is 0 Å². The van der Waals surface area contributed by atoms with Crippen molar-refractivity contribution in [1.82, 2.24) is 0 Å². The van der Waals surface area contributed by atoms with Crippen LogP contribution in [0.2, 0.25) is 0 Å². The van der Waals surface area contributed by atoms with E-state index in [2.05, 4.69) is 15.9 Å². The van der Waals surface area contributed by atoms with Crippen LogP contribution in [0.5, 0.6) is 0 Å². The SMILES string of the molecule is NCCC1COC(c2ccc(Br)s2)O1. The van der Waals surface area contributed by atoms with Gasteiger partial charge < -0.3 is 15.2 Å². The van der Waals surface area contributed by atoms with E-state index in [0.717, 1.165) is 15.1 Å². The van der Waals surface area contributed by atoms with Gasteiger partial charge in [0.05, 0.1) is 21.4 Å². The molecule has 78 valence electrons. The Morgan fingerprint density at radius 3 is 3.07 bits per heavy atom. The number of ether oxygens (including phenoxy) is 2. The predicted octanol–water partition coefficient (Wildman–Crippen LogP) is 2.27. The molecule has 0 saturated carbocycles. The van der Waals surface area contributed by atoms with Gasteiger partial charge in [0.2, 0.25) is 0 Å². The first-order chi connectivity index (χ1) is 6.79. The maximum absolute atomic E-state index is 5.69. The monoisotopic (exact) mass is 277 g/mol. The number of hydrogen-bond acceptors (Lipinski definition) is 4. The molecule has 1 aliphatic rings. The van der Waals surface area contributed by atoms with Crippen LogP contribution in [0.4, 0.5) is 0 Å². The highest BCUT2D eigenvalue weighted by Gasteiger charge is 2.27. The van der Waals surface area contributed by atoms with E-state index in [9.17, 15) is 0 Å². The molecule has 2 atom stereocenters. The zero-order valence-electron chi connectivity index (χ0n) is 7.61. The van der Waals surface area contributed by atoms with Crippen LogP contribution < -0.4 is 5.73 Å². The van der Waals surface area contributed by atoms with Crippen LogP contribution in [0.15, 0.2) is 15.9 Å². The zero-order valence-corrected chi connectivity index (χ0v) is 10.0. The van der Waals surface area contributed by atoms with E-state index < -0.39 is 0 Å². The van der Waals surface area contributed by atoms with Gasteiger partial charge in [-0.2, -0.15) is 0 Å². The topological polar surface area (TPSA) is 44.5 Å². The molecule has 14 heavy (non-hydrogen) atoms. The van der Waals surface area contributed by atoms with Crippen molar-refractivity contribution >= 4 is 27.3 Å². The molecule has 2 N–H and O–H groups in total. The molecule has 1 saturated heterocycles. The van der Waals surface area contributed by atoms with Gasteiger partial charge in [-0.15, -0.1) is 11.3 Å². The molecule has 0 aromatic carbocycles. The molecule has 3 nitrogen and oxygen atoms in total. The lowest BCUT2D eigenvalue weighted by Gasteiger charge is -2.08. The summed E-state index contributed by atoms with van der Waals surface area (Å²) in [5, 5.41) is 0. The Morgan fingerprint density at radius 1 is 1.57 bits per heavy atom. The molecule has 0 aliphatic carbocycles. The van der Waals surface area contributed by atoms with Crippen LogP contribution in [0.1, 0.15) is 17.6 Å². The third-order valence-electron chi connectivity index (χ3n) is 2.06. The molecule has 0 spiro atoms. The van der Waals surface area contributed by atoms with Crippen LogP contribution in [-0.4, -0.2) is 19.3 Å². The molecular formula is C9H12BrNO2S. The van der Waals surface area contributed by atoms with E-state index in [-0.39, 0.29) is 12.4 Å². The number of halogens is 1. The van der Waals surface area contributed by atoms with Gasteiger partial charge in [0.15, 0.2) is 6.29 Å². The molecule has 1 aromatic heterocycles. The lowest BCUT2D eigenvalue weighted by Crippen LogP contribution is -2.15. The molecular weight excluding hydrogens is 266 g/mol. The van der Waals surface area contributed by atoms with E-state index in [1.54, 1.807) is 11.3 Å². The normalized spacial score (nSPS) is 27.0. The quantitative estimate of drug-likeness (QED) is 0.922. The Kier molecular flexibility index (Phi) is 3.57. The zero-order chi connectivity index (χ0) is 9.97. The van der Waals surface area contributed by atoms with Gasteiger partial charge in [0, 0.05) is 0 Å². The van der Waals surface area contributed by atoms with Gasteiger partial charge in [-0.1, -0.05) is 0 Å². The van der Waals surface area contributed by atoms with Gasteiger partial charge in [0.1, 0.15) is 0 Å². The predicted molar refractivity (Wildman–Crippen MR) is 59.3 cm³/mol. The molecule has 0 radical (unpaired) electrons. The summed E-state index contributed by atoms with van der Waals surface area (Å²) in [7, 11) is 0. The van der Waals surface area contributed by atoms with Gasteiger partial charge in [0.25, 0.3) is 0 Å². The number of nitrogens with two attached hydrogens (primary N) is 1. The molecule has 0 bridgehead atoms. The second kappa shape index (κ2) is 4.72. The summed E-state index contributed by atoms with van der Waals surface area (Å²) in [6.45, 7) is 1.30. The second-order valence-corrected chi connectivity index (χ2v) is 5.64. The summed E-state index contributed by atoms with van der Waals surface area (Å²) in [6.07, 6.45) is 0.831. The first kappa shape index (κ1) is 10.6. The molecule has 1 aromatic rings. The van der Waals surface area contributed by atoms with Crippen molar-refractivity contribution < 1.29 is 9.47 Å². The molecule has 1 fully saturated rings. The van der Waals surface area contributed by atoms with E-state index in [4.69, 9.17) is 15.2 Å². The minimum absolute atomic E-state index is 0.158. The fraction of sp³-hybridized carbons (Fsp3) is 0.556. The summed E-state index contributed by atoms with van der Waals surface area (Å²) in [4.78, 5) is 1.11. The minimum Gasteiger partial charge on any atom is -0.345 e. The van der Waals surface area contributed by atoms with Crippen molar-refractivity contribution in [1.29, 1.82) is 0 Å². The highest BCUT2D eigenvalue weighted by Crippen LogP contribution is 2.34. The smallest absolute Gasteiger partial charge is 0.193 e. The van der Waals surface area contributed by atoms with Gasteiger partial charge >= 0.3 is 0 Å². The lowest BCUT2D eigenvalue weighted by molar-refractivity contribution is -0.0581. The van der Waals surface area contributed by atoms with Gasteiger partial charge in [-0.25, -0.2) is 0 Å². The van der Waals surface area contributed by atoms with E-state index in [1.165, 1.54) is 0 Å². The van der Waals surface area contributed by atoms with Crippen LogP contribution >= 0.6 is 27.3 Å². The van der Waals surface area contributed by atoms with Crippen molar-refractivity contribution in [2.45, 2.75) is 18.8 Å². The standard InChI is InChI=1S/C9H12BrNO2S/c10-8-2-1-7(14-8)9-12-5-6(13-9)3-4-11/h1-2,6,9H,3-5,11H2. The van der Waals surface area contributed by atoms with E-state index in [1.807, 2.05) is 12.1 Å². The van der Waals surface area contributed by atoms with Crippen molar-refractivity contribution in [3.8, 4) is 0 Å². The van der Waals surface area contributed by atoms with Crippen molar-refractivity contribution in [2.24, 2.45) is 5.73 Å². The Balaban J connectivity index is 1.95. The maximum Gasteiger partial charge on any atom is 0.193 e. The Hall–Kier alpha value is 0.0600. The molecule has 0 amide bonds. The third kappa shape index (κ3) is 2.35. The van der Waals surface area contributed by atoms with Gasteiger partial charge in [-0.05, 0) is 41.0 Å². The summed E-state index contributed by atoms with van der Waals surface area (Å²) in [6, 6.07) is 4.02. The average molecular weight is 278 g/mol. The molecule has 2 unspecified atom stereocenters. The van der Waals surface area contributed by atoms with Crippen LogP contribution in [0, 0.1) is 0 Å². The van der Waals surface area contributed by atoms with E-state index >= 15 is 0 Å². The van der Waals surface area contributed by atoms with Crippen molar-refractivity contribution in [2.75, 3.05) is 13.2 Å². The summed E-state index contributed by atoms with van der Waals surface area (Å²) in [5.41, 5.74) is 5.46. The Labute approximate surface area is 95.3 Å². The van der Waals surface area contributed by atoms with Crippen molar-refractivity contribution in [3.63, 3.8) is 0 Å². The number of hydrogen-bond donors (Lipinski definition) is 1. The Bertz CT molecular complexity index is 305. The van der Waals surface area contributed by atoms with Crippen LogP contribution in [0.25, 0.3) is 0 Å². The number of thiophene rings is 1. The second-order valence-electron chi connectivity index (χ2n) is 3.14. The molecule has 5 heteroatoms. The molecule has 1 aliphatic heterocycles. The minimum atomic E-state index is -0.192. The van der Waals surface area contributed by atoms with E-state index in [0.29, 0.717) is 13.2 Å². The summed E-state index contributed by atoms with van der Waals surface area (Å²) in [5.74, 6) is 0. The number of rotatable bonds is 3. The average Bonchev–Trinajstić information content (AvgIpc) is 2.74. The molecule has 2 heterocycles.